The topological polar surface area (TPSA) is 52.7 Å². The van der Waals surface area contributed by atoms with E-state index in [0.717, 1.165) is 30.6 Å². The number of hydrogen-bond acceptors (Lipinski definition) is 3. The third-order valence-electron chi connectivity index (χ3n) is 4.42. The van der Waals surface area contributed by atoms with Gasteiger partial charge in [0.1, 0.15) is 0 Å². The zero-order valence-electron chi connectivity index (χ0n) is 14.3. The van der Waals surface area contributed by atoms with E-state index in [0.29, 0.717) is 19.6 Å². The molecule has 126 valence electrons. The van der Waals surface area contributed by atoms with Crippen molar-refractivity contribution in [2.24, 2.45) is 0 Å². The summed E-state index contributed by atoms with van der Waals surface area (Å²) in [4.78, 5) is 28.5. The molecule has 2 rings (SSSR count). The molecule has 0 aliphatic carbocycles. The smallest absolute Gasteiger partial charge is 0.254 e. The molecular weight excluding hydrogens is 290 g/mol. The Morgan fingerprint density at radius 3 is 2.43 bits per heavy atom. The van der Waals surface area contributed by atoms with Gasteiger partial charge in [-0.3, -0.25) is 14.5 Å². The largest absolute Gasteiger partial charge is 0.353 e. The number of carbonyl (C=O) groups excluding carboxylic acids is 2. The SMILES string of the molecule is CCC(C)NC(=O)CN1CCN(C(=O)c2ccccc2C)CC1. The van der Waals surface area contributed by atoms with Gasteiger partial charge in [0.2, 0.25) is 5.91 Å². The van der Waals surface area contributed by atoms with Crippen molar-refractivity contribution in [3.05, 3.63) is 35.4 Å². The van der Waals surface area contributed by atoms with Crippen molar-refractivity contribution in [1.82, 2.24) is 15.1 Å². The highest BCUT2D eigenvalue weighted by Gasteiger charge is 2.24. The molecule has 0 bridgehead atoms. The van der Waals surface area contributed by atoms with Gasteiger partial charge in [-0.2, -0.15) is 0 Å². The molecule has 1 aliphatic rings. The zero-order valence-corrected chi connectivity index (χ0v) is 14.3. The standard InChI is InChI=1S/C18H27N3O2/c1-4-15(3)19-17(22)13-20-9-11-21(12-10-20)18(23)16-8-6-5-7-14(16)2/h5-8,15H,4,9-13H2,1-3H3,(H,19,22). The summed E-state index contributed by atoms with van der Waals surface area (Å²) in [6.07, 6.45) is 0.935. The maximum absolute atomic E-state index is 12.6. The summed E-state index contributed by atoms with van der Waals surface area (Å²) < 4.78 is 0. The average molecular weight is 317 g/mol. The number of amides is 2. The number of hydrogen-bond donors (Lipinski definition) is 1. The number of piperazine rings is 1. The number of nitrogens with zero attached hydrogens (tertiary/aromatic N) is 2. The Balaban J connectivity index is 1.83. The van der Waals surface area contributed by atoms with Crippen molar-refractivity contribution in [1.29, 1.82) is 0 Å². The third kappa shape index (κ3) is 4.79. The first-order valence-electron chi connectivity index (χ1n) is 8.38. The van der Waals surface area contributed by atoms with Crippen molar-refractivity contribution in [2.75, 3.05) is 32.7 Å². The molecule has 1 N–H and O–H groups in total. The number of nitrogens with one attached hydrogen (secondary N) is 1. The van der Waals surface area contributed by atoms with E-state index in [4.69, 9.17) is 0 Å². The van der Waals surface area contributed by atoms with Gasteiger partial charge in [-0.05, 0) is 31.9 Å². The Hall–Kier alpha value is -1.88. The van der Waals surface area contributed by atoms with Crippen molar-refractivity contribution in [3.63, 3.8) is 0 Å². The summed E-state index contributed by atoms with van der Waals surface area (Å²) >= 11 is 0. The van der Waals surface area contributed by atoms with Crippen LogP contribution < -0.4 is 5.32 Å². The van der Waals surface area contributed by atoms with Gasteiger partial charge in [0.05, 0.1) is 6.54 Å². The van der Waals surface area contributed by atoms with Crippen LogP contribution in [0, 0.1) is 6.92 Å². The number of carbonyl (C=O) groups is 2. The van der Waals surface area contributed by atoms with Crippen LogP contribution in [-0.2, 0) is 4.79 Å². The number of benzene rings is 1. The van der Waals surface area contributed by atoms with Gasteiger partial charge in [-0.25, -0.2) is 0 Å². The predicted octanol–water partition coefficient (Wildman–Crippen LogP) is 1.67. The van der Waals surface area contributed by atoms with Crippen LogP contribution in [0.25, 0.3) is 0 Å². The Labute approximate surface area is 138 Å². The summed E-state index contributed by atoms with van der Waals surface area (Å²) in [5.74, 6) is 0.157. The molecule has 5 nitrogen and oxygen atoms in total. The lowest BCUT2D eigenvalue weighted by Gasteiger charge is -2.34. The van der Waals surface area contributed by atoms with Crippen molar-refractivity contribution >= 4 is 11.8 Å². The fourth-order valence-corrected chi connectivity index (χ4v) is 2.72. The first kappa shape index (κ1) is 17.5. The number of aryl methyl sites for hydroxylation is 1. The molecule has 23 heavy (non-hydrogen) atoms. The molecule has 1 aromatic carbocycles. The molecule has 1 unspecified atom stereocenters. The molecule has 1 aliphatic heterocycles. The van der Waals surface area contributed by atoms with Crippen LogP contribution in [0.3, 0.4) is 0 Å². The van der Waals surface area contributed by atoms with Crippen LogP contribution in [0.2, 0.25) is 0 Å². The van der Waals surface area contributed by atoms with Gasteiger partial charge < -0.3 is 10.2 Å². The van der Waals surface area contributed by atoms with Gasteiger partial charge in [0.25, 0.3) is 5.91 Å². The Morgan fingerprint density at radius 1 is 1.17 bits per heavy atom. The number of rotatable bonds is 5. The van der Waals surface area contributed by atoms with E-state index in [-0.39, 0.29) is 17.9 Å². The summed E-state index contributed by atoms with van der Waals surface area (Å²) in [6.45, 7) is 9.27. The van der Waals surface area contributed by atoms with Crippen LogP contribution in [0.5, 0.6) is 0 Å². The Morgan fingerprint density at radius 2 is 1.83 bits per heavy atom. The second kappa shape index (κ2) is 8.11. The normalized spacial score (nSPS) is 16.9. The van der Waals surface area contributed by atoms with E-state index in [9.17, 15) is 9.59 Å². The maximum Gasteiger partial charge on any atom is 0.254 e. The van der Waals surface area contributed by atoms with Gasteiger partial charge in [-0.1, -0.05) is 25.1 Å². The zero-order chi connectivity index (χ0) is 16.8. The average Bonchev–Trinajstić information content (AvgIpc) is 2.55. The molecule has 1 atom stereocenters. The van der Waals surface area contributed by atoms with Crippen LogP contribution in [0.1, 0.15) is 36.2 Å². The molecule has 2 amide bonds. The summed E-state index contributed by atoms with van der Waals surface area (Å²) in [5, 5.41) is 2.98. The van der Waals surface area contributed by atoms with Crippen molar-refractivity contribution in [2.45, 2.75) is 33.2 Å². The Bertz CT molecular complexity index is 551. The van der Waals surface area contributed by atoms with E-state index in [2.05, 4.69) is 17.1 Å². The third-order valence-corrected chi connectivity index (χ3v) is 4.42. The quantitative estimate of drug-likeness (QED) is 0.899. The second-order valence-electron chi connectivity index (χ2n) is 6.26. The van der Waals surface area contributed by atoms with Crippen LogP contribution in [0.15, 0.2) is 24.3 Å². The highest BCUT2D eigenvalue weighted by Crippen LogP contribution is 2.12. The fourth-order valence-electron chi connectivity index (χ4n) is 2.72. The lowest BCUT2D eigenvalue weighted by Crippen LogP contribution is -2.51. The monoisotopic (exact) mass is 317 g/mol. The summed E-state index contributed by atoms with van der Waals surface area (Å²) in [6, 6.07) is 7.90. The first-order chi connectivity index (χ1) is 11.0. The van der Waals surface area contributed by atoms with Crippen molar-refractivity contribution in [3.8, 4) is 0 Å². The van der Waals surface area contributed by atoms with Gasteiger partial charge in [0.15, 0.2) is 0 Å². The molecule has 0 saturated carbocycles. The van der Waals surface area contributed by atoms with Crippen LogP contribution in [-0.4, -0.2) is 60.4 Å². The molecule has 0 aromatic heterocycles. The van der Waals surface area contributed by atoms with Gasteiger partial charge in [0, 0.05) is 37.8 Å². The van der Waals surface area contributed by atoms with E-state index in [1.165, 1.54) is 0 Å². The van der Waals surface area contributed by atoms with E-state index >= 15 is 0 Å². The molecule has 1 heterocycles. The summed E-state index contributed by atoms with van der Waals surface area (Å²) in [7, 11) is 0. The summed E-state index contributed by atoms with van der Waals surface area (Å²) in [5.41, 5.74) is 1.78. The highest BCUT2D eigenvalue weighted by molar-refractivity contribution is 5.95. The van der Waals surface area contributed by atoms with E-state index in [1.54, 1.807) is 0 Å². The molecule has 1 aromatic rings. The molecular formula is C18H27N3O2. The first-order valence-corrected chi connectivity index (χ1v) is 8.38. The maximum atomic E-state index is 12.6. The molecule has 1 saturated heterocycles. The van der Waals surface area contributed by atoms with Gasteiger partial charge >= 0.3 is 0 Å². The predicted molar refractivity (Wildman–Crippen MR) is 91.4 cm³/mol. The lowest BCUT2D eigenvalue weighted by molar-refractivity contribution is -0.123. The highest BCUT2D eigenvalue weighted by atomic mass is 16.2. The molecule has 5 heteroatoms. The second-order valence-corrected chi connectivity index (χ2v) is 6.26. The van der Waals surface area contributed by atoms with Gasteiger partial charge in [-0.15, -0.1) is 0 Å². The minimum Gasteiger partial charge on any atom is -0.353 e. The Kier molecular flexibility index (Phi) is 6.16. The fraction of sp³-hybridized carbons (Fsp3) is 0.556. The van der Waals surface area contributed by atoms with Crippen LogP contribution in [0.4, 0.5) is 0 Å². The minimum atomic E-state index is 0.0676. The molecule has 0 radical (unpaired) electrons. The van der Waals surface area contributed by atoms with E-state index in [1.807, 2.05) is 43.0 Å². The molecule has 0 spiro atoms. The van der Waals surface area contributed by atoms with Crippen molar-refractivity contribution < 1.29 is 9.59 Å². The lowest BCUT2D eigenvalue weighted by atomic mass is 10.1. The molecule has 1 fully saturated rings. The van der Waals surface area contributed by atoms with E-state index < -0.39 is 0 Å². The van der Waals surface area contributed by atoms with Crippen LogP contribution >= 0.6 is 0 Å². The minimum absolute atomic E-state index is 0.0676.